The van der Waals surface area contributed by atoms with Gasteiger partial charge in [0.2, 0.25) is 0 Å². The Bertz CT molecular complexity index is 1070. The molecular formula is C24H29F3N2O5. The van der Waals surface area contributed by atoms with E-state index in [1.165, 1.54) is 19.2 Å². The van der Waals surface area contributed by atoms with Gasteiger partial charge in [0.15, 0.2) is 6.10 Å². The second-order valence-electron chi connectivity index (χ2n) is 9.26. The summed E-state index contributed by atoms with van der Waals surface area (Å²) in [7, 11) is 2.69. The maximum absolute atomic E-state index is 13.3. The number of carbonyl (C=O) groups is 1. The van der Waals surface area contributed by atoms with Crippen molar-refractivity contribution in [2.45, 2.75) is 57.0 Å². The molecule has 2 aromatic rings. The Balaban J connectivity index is 1.89. The molecule has 4 N–H and O–H groups in total. The van der Waals surface area contributed by atoms with Gasteiger partial charge in [-0.3, -0.25) is 0 Å². The van der Waals surface area contributed by atoms with Crippen molar-refractivity contribution in [2.75, 3.05) is 19.5 Å². The number of aliphatic hydroxyl groups is 2. The van der Waals surface area contributed by atoms with E-state index in [0.717, 1.165) is 12.7 Å². The highest BCUT2D eigenvalue weighted by Gasteiger charge is 2.42. The third kappa shape index (κ3) is 5.23. The number of carbonyl (C=O) groups excluding carboxylic acids is 1. The van der Waals surface area contributed by atoms with Gasteiger partial charge in [-0.05, 0) is 52.8 Å². The third-order valence-corrected chi connectivity index (χ3v) is 5.85. The molecule has 3 rings (SSSR count). The highest BCUT2D eigenvalue weighted by molar-refractivity contribution is 5.92. The molecule has 0 aromatic heterocycles. The van der Waals surface area contributed by atoms with Crippen LogP contribution in [0.3, 0.4) is 0 Å². The zero-order valence-electron chi connectivity index (χ0n) is 19.6. The Labute approximate surface area is 195 Å². The fraction of sp³-hybridized carbons (Fsp3) is 0.458. The van der Waals surface area contributed by atoms with Crippen LogP contribution in [0.5, 0.6) is 11.5 Å². The number of halogens is 3. The maximum Gasteiger partial charge on any atom is 0.418 e. The zero-order chi connectivity index (χ0) is 25.4. The molecule has 0 bridgehead atoms. The number of methoxy groups -OCH3 is 2. The van der Waals surface area contributed by atoms with Gasteiger partial charge in [0.1, 0.15) is 11.5 Å². The van der Waals surface area contributed by atoms with Gasteiger partial charge in [0.05, 0.1) is 32.1 Å². The lowest BCUT2D eigenvalue weighted by Crippen LogP contribution is -2.40. The van der Waals surface area contributed by atoms with Crippen LogP contribution < -0.4 is 20.1 Å². The molecule has 2 aromatic carbocycles. The molecule has 34 heavy (non-hydrogen) atoms. The second kappa shape index (κ2) is 9.34. The average Bonchev–Trinajstić information content (AvgIpc) is 3.05. The molecule has 7 nitrogen and oxygen atoms in total. The molecule has 0 saturated heterocycles. The third-order valence-electron chi connectivity index (χ3n) is 5.85. The van der Waals surface area contributed by atoms with E-state index in [4.69, 9.17) is 9.47 Å². The summed E-state index contributed by atoms with van der Waals surface area (Å²) in [5.41, 5.74) is 0.827. The van der Waals surface area contributed by atoms with Crippen LogP contribution in [0.25, 0.3) is 0 Å². The number of rotatable bonds is 5. The van der Waals surface area contributed by atoms with Gasteiger partial charge in [-0.25, -0.2) is 4.79 Å². The smallest absolute Gasteiger partial charge is 0.418 e. The Kier molecular flexibility index (Phi) is 7.05. The van der Waals surface area contributed by atoms with Crippen LogP contribution in [0.4, 0.5) is 23.7 Å². The van der Waals surface area contributed by atoms with E-state index in [-0.39, 0.29) is 11.4 Å². The van der Waals surface area contributed by atoms with Crippen LogP contribution in [0.2, 0.25) is 0 Å². The maximum atomic E-state index is 13.3. The number of hydrogen-bond acceptors (Lipinski definition) is 5. The lowest BCUT2D eigenvalue weighted by atomic mass is 9.84. The number of hydrogen-bond donors (Lipinski definition) is 4. The van der Waals surface area contributed by atoms with E-state index in [1.54, 1.807) is 39.0 Å². The van der Waals surface area contributed by atoms with Crippen molar-refractivity contribution in [1.82, 2.24) is 5.32 Å². The summed E-state index contributed by atoms with van der Waals surface area (Å²) in [6.45, 7) is 5.38. The number of aliphatic hydroxyl groups excluding tert-OH is 2. The molecule has 1 aliphatic carbocycles. The standard InChI is InChI=1S/C24H29F3N2O5/c1-23(2,3)13-10-16(21(31)24(25,26)27)20(34-5)18(11-13)29-22(32)28-17-9-12-8-14(33-4)6-7-15(12)19(17)30/h6-8,10-11,17,19,21,30-31H,9H2,1-5H3,(H2,28,29,32)/t17?,19?,21-/m1/s1. The largest absolute Gasteiger partial charge is 0.497 e. The minimum absolute atomic E-state index is 0.0302. The van der Waals surface area contributed by atoms with E-state index in [9.17, 15) is 28.2 Å². The molecule has 0 aliphatic heterocycles. The summed E-state index contributed by atoms with van der Waals surface area (Å²) in [4.78, 5) is 12.8. The van der Waals surface area contributed by atoms with Gasteiger partial charge in [-0.15, -0.1) is 0 Å². The summed E-state index contributed by atoms with van der Waals surface area (Å²) in [6.07, 6.45) is -8.34. The average molecular weight is 482 g/mol. The molecule has 186 valence electrons. The first kappa shape index (κ1) is 25.6. The number of ether oxygens (including phenoxy) is 2. The number of fused-ring (bicyclic) bond motifs is 1. The fourth-order valence-electron chi connectivity index (χ4n) is 3.98. The van der Waals surface area contributed by atoms with E-state index in [1.807, 2.05) is 0 Å². The number of alkyl halides is 3. The predicted molar refractivity (Wildman–Crippen MR) is 120 cm³/mol. The van der Waals surface area contributed by atoms with Crippen molar-refractivity contribution in [2.24, 2.45) is 0 Å². The fourth-order valence-corrected chi connectivity index (χ4v) is 3.98. The Hall–Kier alpha value is -2.98. The Morgan fingerprint density at radius 1 is 1.12 bits per heavy atom. The summed E-state index contributed by atoms with van der Waals surface area (Å²) < 4.78 is 50.3. The van der Waals surface area contributed by atoms with Gasteiger partial charge < -0.3 is 30.3 Å². The van der Waals surface area contributed by atoms with Gasteiger partial charge in [0, 0.05) is 5.56 Å². The Morgan fingerprint density at radius 3 is 2.35 bits per heavy atom. The first-order valence-corrected chi connectivity index (χ1v) is 10.7. The Morgan fingerprint density at radius 2 is 1.79 bits per heavy atom. The van der Waals surface area contributed by atoms with E-state index >= 15 is 0 Å². The highest BCUT2D eigenvalue weighted by Crippen LogP contribution is 2.43. The molecule has 1 aliphatic rings. The first-order chi connectivity index (χ1) is 15.8. The van der Waals surface area contributed by atoms with E-state index < -0.39 is 41.4 Å². The number of benzene rings is 2. The molecular weight excluding hydrogens is 453 g/mol. The molecule has 3 atom stereocenters. The van der Waals surface area contributed by atoms with Gasteiger partial charge >= 0.3 is 12.2 Å². The van der Waals surface area contributed by atoms with Crippen LogP contribution in [0.1, 0.15) is 55.2 Å². The van der Waals surface area contributed by atoms with Gasteiger partial charge in [-0.2, -0.15) is 13.2 Å². The lowest BCUT2D eigenvalue weighted by molar-refractivity contribution is -0.207. The number of nitrogens with one attached hydrogen (secondary N) is 2. The number of urea groups is 1. The van der Waals surface area contributed by atoms with Crippen molar-refractivity contribution in [3.8, 4) is 11.5 Å². The van der Waals surface area contributed by atoms with Crippen LogP contribution >= 0.6 is 0 Å². The van der Waals surface area contributed by atoms with Crippen molar-refractivity contribution < 1.29 is 37.7 Å². The number of amides is 2. The quantitative estimate of drug-likeness (QED) is 0.507. The zero-order valence-corrected chi connectivity index (χ0v) is 19.6. The van der Waals surface area contributed by atoms with Crippen molar-refractivity contribution in [3.05, 3.63) is 52.6 Å². The van der Waals surface area contributed by atoms with Crippen molar-refractivity contribution in [3.63, 3.8) is 0 Å². The normalized spacial score (nSPS) is 18.8. The summed E-state index contributed by atoms with van der Waals surface area (Å²) >= 11 is 0. The SMILES string of the molecule is COc1ccc2c(c1)CC(NC(=O)Nc1cc(C(C)(C)C)cc([C@@H](O)C(F)(F)F)c1OC)C2O. The van der Waals surface area contributed by atoms with Crippen LogP contribution in [0.15, 0.2) is 30.3 Å². The molecule has 2 unspecified atom stereocenters. The van der Waals surface area contributed by atoms with Gasteiger partial charge in [-0.1, -0.05) is 26.8 Å². The van der Waals surface area contributed by atoms with Crippen LogP contribution in [-0.2, 0) is 11.8 Å². The first-order valence-electron chi connectivity index (χ1n) is 10.7. The van der Waals surface area contributed by atoms with Crippen LogP contribution in [-0.4, -0.2) is 42.7 Å². The van der Waals surface area contributed by atoms with Crippen molar-refractivity contribution in [1.29, 1.82) is 0 Å². The number of anilines is 1. The van der Waals surface area contributed by atoms with Crippen molar-refractivity contribution >= 4 is 11.7 Å². The minimum atomic E-state index is -4.93. The van der Waals surface area contributed by atoms with Crippen LogP contribution in [0, 0.1) is 0 Å². The monoisotopic (exact) mass is 482 g/mol. The second-order valence-corrected chi connectivity index (χ2v) is 9.26. The topological polar surface area (TPSA) is 100 Å². The predicted octanol–water partition coefficient (Wildman–Crippen LogP) is 4.38. The molecule has 0 fully saturated rings. The summed E-state index contributed by atoms with van der Waals surface area (Å²) in [5, 5.41) is 25.8. The molecule has 0 saturated carbocycles. The molecule has 10 heteroatoms. The van der Waals surface area contributed by atoms with E-state index in [0.29, 0.717) is 23.3 Å². The van der Waals surface area contributed by atoms with E-state index in [2.05, 4.69) is 10.6 Å². The van der Waals surface area contributed by atoms with Gasteiger partial charge in [0.25, 0.3) is 0 Å². The lowest BCUT2D eigenvalue weighted by Gasteiger charge is -2.26. The molecule has 0 radical (unpaired) electrons. The molecule has 0 heterocycles. The minimum Gasteiger partial charge on any atom is -0.497 e. The molecule has 0 spiro atoms. The highest BCUT2D eigenvalue weighted by atomic mass is 19.4. The summed E-state index contributed by atoms with van der Waals surface area (Å²) in [6, 6.07) is 6.55. The molecule has 2 amide bonds. The summed E-state index contributed by atoms with van der Waals surface area (Å²) in [5.74, 6) is 0.323.